The lowest BCUT2D eigenvalue weighted by Crippen LogP contribution is -2.10. The SMILES string of the molecule is CC(C)n1c(C2CCCO2)nc2cnc(Nc3ccnc(-c4cnn(S(=O)O)c4)n3)cc21. The molecule has 2 atom stereocenters. The molecule has 5 rings (SSSR count). The molecule has 5 heterocycles. The Balaban J connectivity index is 1.46. The molecule has 0 aliphatic carbocycles. The van der Waals surface area contributed by atoms with Crippen molar-refractivity contribution in [1.82, 2.24) is 33.7 Å². The zero-order chi connectivity index (χ0) is 22.2. The highest BCUT2D eigenvalue weighted by Crippen LogP contribution is 2.33. The number of fused-ring (bicyclic) bond motifs is 1. The van der Waals surface area contributed by atoms with Crippen LogP contribution in [0, 0.1) is 0 Å². The van der Waals surface area contributed by atoms with Gasteiger partial charge in [0.2, 0.25) is 0 Å². The van der Waals surface area contributed by atoms with Gasteiger partial charge >= 0.3 is 0 Å². The molecule has 32 heavy (non-hydrogen) atoms. The third-order valence-electron chi connectivity index (χ3n) is 5.23. The van der Waals surface area contributed by atoms with Crippen LogP contribution in [0.5, 0.6) is 0 Å². The van der Waals surface area contributed by atoms with Gasteiger partial charge in [-0.25, -0.2) is 24.1 Å². The van der Waals surface area contributed by atoms with E-state index in [0.717, 1.165) is 40.4 Å². The summed E-state index contributed by atoms with van der Waals surface area (Å²) in [5.74, 6) is 2.47. The largest absolute Gasteiger partial charge is 0.370 e. The predicted molar refractivity (Wildman–Crippen MR) is 119 cm³/mol. The highest BCUT2D eigenvalue weighted by atomic mass is 32.2. The summed E-state index contributed by atoms with van der Waals surface area (Å²) >= 11 is -2.23. The van der Waals surface area contributed by atoms with Crippen LogP contribution in [0.4, 0.5) is 11.6 Å². The molecule has 1 aliphatic rings. The van der Waals surface area contributed by atoms with E-state index in [1.165, 1.54) is 12.4 Å². The highest BCUT2D eigenvalue weighted by Gasteiger charge is 2.26. The van der Waals surface area contributed by atoms with Crippen LogP contribution < -0.4 is 5.32 Å². The van der Waals surface area contributed by atoms with Gasteiger partial charge in [-0.15, -0.1) is 0 Å². The van der Waals surface area contributed by atoms with Gasteiger partial charge in [0.1, 0.15) is 29.1 Å². The molecule has 0 bridgehead atoms. The smallest absolute Gasteiger partial charge is 0.282 e. The van der Waals surface area contributed by atoms with Crippen LogP contribution in [-0.4, -0.2) is 49.1 Å². The van der Waals surface area contributed by atoms with E-state index in [9.17, 15) is 4.21 Å². The maximum atomic E-state index is 11.2. The maximum Gasteiger partial charge on any atom is 0.282 e. The van der Waals surface area contributed by atoms with Crippen molar-refractivity contribution in [3.8, 4) is 11.4 Å². The zero-order valence-electron chi connectivity index (χ0n) is 17.5. The molecule has 0 saturated carbocycles. The number of nitrogens with zero attached hydrogens (tertiary/aromatic N) is 7. The molecule has 4 aromatic rings. The Kier molecular flexibility index (Phi) is 5.41. The topological polar surface area (TPSA) is 133 Å². The predicted octanol–water partition coefficient (Wildman–Crippen LogP) is 3.25. The van der Waals surface area contributed by atoms with E-state index in [0.29, 0.717) is 23.0 Å². The van der Waals surface area contributed by atoms with E-state index in [2.05, 4.69) is 43.8 Å². The van der Waals surface area contributed by atoms with Gasteiger partial charge in [0.05, 0.1) is 29.7 Å². The Bertz CT molecular complexity index is 1300. The number of anilines is 2. The molecule has 4 aromatic heterocycles. The molecule has 166 valence electrons. The van der Waals surface area contributed by atoms with Crippen LogP contribution in [0.25, 0.3) is 22.4 Å². The van der Waals surface area contributed by atoms with Crippen molar-refractivity contribution in [2.24, 2.45) is 0 Å². The number of imidazole rings is 1. The van der Waals surface area contributed by atoms with Crippen molar-refractivity contribution in [3.05, 3.63) is 42.7 Å². The van der Waals surface area contributed by atoms with E-state index in [-0.39, 0.29) is 12.1 Å². The first-order valence-electron chi connectivity index (χ1n) is 10.3. The van der Waals surface area contributed by atoms with Crippen molar-refractivity contribution >= 4 is 33.9 Å². The summed E-state index contributed by atoms with van der Waals surface area (Å²) in [4.78, 5) is 18.0. The quantitative estimate of drug-likeness (QED) is 0.421. The van der Waals surface area contributed by atoms with E-state index in [1.54, 1.807) is 18.5 Å². The van der Waals surface area contributed by atoms with Crippen molar-refractivity contribution in [2.45, 2.75) is 38.8 Å². The fourth-order valence-electron chi connectivity index (χ4n) is 3.84. The first-order chi connectivity index (χ1) is 15.5. The number of ether oxygens (including phenoxy) is 1. The molecule has 1 fully saturated rings. The fourth-order valence-corrected chi connectivity index (χ4v) is 4.17. The minimum Gasteiger partial charge on any atom is -0.370 e. The first-order valence-corrected chi connectivity index (χ1v) is 11.3. The van der Waals surface area contributed by atoms with Crippen molar-refractivity contribution in [1.29, 1.82) is 0 Å². The van der Waals surface area contributed by atoms with Crippen molar-refractivity contribution < 1.29 is 13.5 Å². The van der Waals surface area contributed by atoms with Gasteiger partial charge in [-0.05, 0) is 32.8 Å². The highest BCUT2D eigenvalue weighted by molar-refractivity contribution is 7.77. The second-order valence-electron chi connectivity index (χ2n) is 7.75. The number of hydrogen-bond acceptors (Lipinski definition) is 8. The molecule has 0 amide bonds. The monoisotopic (exact) mass is 454 g/mol. The lowest BCUT2D eigenvalue weighted by Gasteiger charge is -2.16. The Morgan fingerprint density at radius 3 is 2.84 bits per heavy atom. The van der Waals surface area contributed by atoms with Crippen LogP contribution in [0.2, 0.25) is 0 Å². The average Bonchev–Trinajstić information content (AvgIpc) is 3.52. The lowest BCUT2D eigenvalue weighted by atomic mass is 10.2. The number of pyridine rings is 1. The Morgan fingerprint density at radius 1 is 1.25 bits per heavy atom. The Labute approximate surface area is 186 Å². The van der Waals surface area contributed by atoms with Crippen molar-refractivity contribution in [2.75, 3.05) is 11.9 Å². The number of aromatic nitrogens is 7. The Morgan fingerprint density at radius 2 is 2.12 bits per heavy atom. The number of rotatable bonds is 6. The summed E-state index contributed by atoms with van der Waals surface area (Å²) in [6.45, 7) is 5.02. The fraction of sp³-hybridized carbons (Fsp3) is 0.350. The molecular formula is C20H22N8O3S. The van der Waals surface area contributed by atoms with E-state index < -0.39 is 11.3 Å². The summed E-state index contributed by atoms with van der Waals surface area (Å²) in [6.07, 6.45) is 8.22. The third-order valence-corrected chi connectivity index (χ3v) is 5.75. The molecule has 2 unspecified atom stereocenters. The van der Waals surface area contributed by atoms with Gasteiger partial charge < -0.3 is 14.6 Å². The summed E-state index contributed by atoms with van der Waals surface area (Å²) < 4.78 is 29.3. The van der Waals surface area contributed by atoms with Gasteiger partial charge in [0, 0.05) is 24.9 Å². The van der Waals surface area contributed by atoms with Gasteiger partial charge in [0.25, 0.3) is 11.3 Å². The second-order valence-corrected chi connectivity index (χ2v) is 8.58. The van der Waals surface area contributed by atoms with Crippen molar-refractivity contribution in [3.63, 3.8) is 0 Å². The van der Waals surface area contributed by atoms with Gasteiger partial charge in [-0.2, -0.15) is 9.19 Å². The molecule has 1 aliphatic heterocycles. The van der Waals surface area contributed by atoms with Gasteiger partial charge in [-0.1, -0.05) is 0 Å². The summed E-state index contributed by atoms with van der Waals surface area (Å²) in [5.41, 5.74) is 2.32. The number of nitrogens with one attached hydrogen (secondary N) is 1. The van der Waals surface area contributed by atoms with E-state index >= 15 is 0 Å². The first kappa shape index (κ1) is 20.7. The normalized spacial score (nSPS) is 17.3. The lowest BCUT2D eigenvalue weighted by molar-refractivity contribution is 0.101. The average molecular weight is 455 g/mol. The second kappa shape index (κ2) is 8.37. The summed E-state index contributed by atoms with van der Waals surface area (Å²) in [6, 6.07) is 3.89. The molecule has 0 radical (unpaired) electrons. The van der Waals surface area contributed by atoms with Crippen LogP contribution in [-0.2, 0) is 16.0 Å². The standard InChI is InChI=1S/C20H22N8O3S/c1-12(2)28-15-8-18(22-10-14(15)24-20(28)16-4-3-7-31-16)25-17-5-6-21-19(26-17)13-9-23-27(11-13)32(29)30/h5-6,8-12,16H,3-4,7H2,1-2H3,(H,29,30)(H,21,22,25,26). The van der Waals surface area contributed by atoms with Crippen LogP contribution >= 0.6 is 0 Å². The van der Waals surface area contributed by atoms with Crippen LogP contribution in [0.15, 0.2) is 36.9 Å². The molecule has 12 heteroatoms. The van der Waals surface area contributed by atoms with E-state index in [1.807, 2.05) is 6.07 Å². The van der Waals surface area contributed by atoms with Gasteiger partial charge in [-0.3, -0.25) is 4.55 Å². The zero-order valence-corrected chi connectivity index (χ0v) is 18.4. The molecular weight excluding hydrogens is 432 g/mol. The molecule has 2 N–H and O–H groups in total. The molecule has 0 aromatic carbocycles. The Hall–Kier alpha value is -3.22. The minimum atomic E-state index is -2.23. The van der Waals surface area contributed by atoms with Crippen LogP contribution in [0.3, 0.4) is 0 Å². The molecule has 0 spiro atoms. The summed E-state index contributed by atoms with van der Waals surface area (Å²) in [7, 11) is 0. The number of hydrogen-bond donors (Lipinski definition) is 2. The van der Waals surface area contributed by atoms with Gasteiger partial charge in [0.15, 0.2) is 5.82 Å². The summed E-state index contributed by atoms with van der Waals surface area (Å²) in [5, 5.41) is 7.04. The minimum absolute atomic E-state index is 0.0137. The van der Waals surface area contributed by atoms with Crippen LogP contribution in [0.1, 0.15) is 44.7 Å². The molecule has 11 nitrogen and oxygen atoms in total. The molecule has 1 saturated heterocycles. The van der Waals surface area contributed by atoms with E-state index in [4.69, 9.17) is 14.3 Å². The maximum absolute atomic E-state index is 11.2. The third kappa shape index (κ3) is 3.87.